The minimum Gasteiger partial charge on any atom is -0.496 e. The number of rotatable bonds is 2. The molecule has 1 aromatic rings. The van der Waals surface area contributed by atoms with Gasteiger partial charge in [-0.15, -0.1) is 0 Å². The number of methoxy groups -OCH3 is 1. The van der Waals surface area contributed by atoms with Crippen LogP contribution in [0.1, 0.15) is 29.5 Å². The van der Waals surface area contributed by atoms with E-state index in [0.29, 0.717) is 18.4 Å². The molecule has 1 saturated heterocycles. The summed E-state index contributed by atoms with van der Waals surface area (Å²) < 4.78 is 20.4. The highest BCUT2D eigenvalue weighted by Crippen LogP contribution is 2.42. The van der Waals surface area contributed by atoms with E-state index in [4.69, 9.17) is 4.74 Å². The Labute approximate surface area is 102 Å². The van der Waals surface area contributed by atoms with E-state index in [1.807, 2.05) is 26.0 Å². The second kappa shape index (κ2) is 4.65. The summed E-state index contributed by atoms with van der Waals surface area (Å²) in [7, 11) is 1.62. The van der Waals surface area contributed by atoms with Gasteiger partial charge in [0.1, 0.15) is 11.4 Å². The van der Waals surface area contributed by atoms with Crippen molar-refractivity contribution in [1.29, 1.82) is 0 Å². The molecule has 0 aliphatic carbocycles. The third-order valence-electron chi connectivity index (χ3n) is 3.76. The molecule has 0 bridgehead atoms. The van der Waals surface area contributed by atoms with E-state index in [9.17, 15) is 4.39 Å². The fraction of sp³-hybridized carbons (Fsp3) is 0.571. The van der Waals surface area contributed by atoms with Crippen molar-refractivity contribution in [1.82, 2.24) is 5.32 Å². The van der Waals surface area contributed by atoms with Crippen LogP contribution in [0.2, 0.25) is 0 Å². The third kappa shape index (κ3) is 2.16. The lowest BCUT2D eigenvalue weighted by molar-refractivity contribution is 0.111. The normalized spacial score (nSPS) is 19.1. The maximum absolute atomic E-state index is 14.9. The number of nitrogens with one attached hydrogen (secondary N) is 1. The Bertz CT molecular complexity index is 411. The zero-order valence-corrected chi connectivity index (χ0v) is 10.8. The van der Waals surface area contributed by atoms with Gasteiger partial charge in [-0.05, 0) is 50.9 Å². The lowest BCUT2D eigenvalue weighted by Gasteiger charge is -2.32. The van der Waals surface area contributed by atoms with Gasteiger partial charge >= 0.3 is 0 Å². The monoisotopic (exact) mass is 237 g/mol. The molecule has 17 heavy (non-hydrogen) atoms. The third-order valence-corrected chi connectivity index (χ3v) is 3.76. The molecule has 1 aromatic carbocycles. The number of hydrogen-bond donors (Lipinski definition) is 1. The quantitative estimate of drug-likeness (QED) is 0.854. The zero-order valence-electron chi connectivity index (χ0n) is 10.8. The van der Waals surface area contributed by atoms with E-state index in [1.165, 1.54) is 0 Å². The number of ether oxygens (including phenoxy) is 1. The Hall–Kier alpha value is -1.09. The molecule has 0 amide bonds. The highest BCUT2D eigenvalue weighted by molar-refractivity contribution is 5.48. The Morgan fingerprint density at radius 1 is 1.24 bits per heavy atom. The molecular formula is C14H20FNO. The Balaban J connectivity index is 2.47. The minimum absolute atomic E-state index is 0.520. The second-order valence-corrected chi connectivity index (χ2v) is 4.80. The van der Waals surface area contributed by atoms with Gasteiger partial charge in [-0.3, -0.25) is 0 Å². The maximum atomic E-state index is 14.9. The van der Waals surface area contributed by atoms with Crippen LogP contribution in [0.4, 0.5) is 4.39 Å². The molecule has 0 radical (unpaired) electrons. The van der Waals surface area contributed by atoms with Gasteiger partial charge in [0, 0.05) is 5.56 Å². The van der Waals surface area contributed by atoms with Crippen molar-refractivity contribution < 1.29 is 9.13 Å². The first-order valence-corrected chi connectivity index (χ1v) is 6.13. The second-order valence-electron chi connectivity index (χ2n) is 4.80. The van der Waals surface area contributed by atoms with Crippen LogP contribution in [-0.2, 0) is 5.67 Å². The molecule has 0 aromatic heterocycles. The first-order chi connectivity index (χ1) is 8.08. The van der Waals surface area contributed by atoms with Crippen LogP contribution in [0.15, 0.2) is 12.1 Å². The van der Waals surface area contributed by atoms with Crippen LogP contribution in [0, 0.1) is 13.8 Å². The largest absolute Gasteiger partial charge is 0.496 e. The summed E-state index contributed by atoms with van der Waals surface area (Å²) in [5.41, 5.74) is 1.66. The van der Waals surface area contributed by atoms with E-state index in [0.717, 1.165) is 30.0 Å². The van der Waals surface area contributed by atoms with Crippen LogP contribution < -0.4 is 10.1 Å². The van der Waals surface area contributed by atoms with Crippen molar-refractivity contribution in [2.24, 2.45) is 0 Å². The van der Waals surface area contributed by atoms with Gasteiger partial charge in [0.25, 0.3) is 0 Å². The summed E-state index contributed by atoms with van der Waals surface area (Å²) >= 11 is 0. The summed E-state index contributed by atoms with van der Waals surface area (Å²) in [4.78, 5) is 0. The molecule has 2 rings (SSSR count). The minimum atomic E-state index is -1.24. The molecular weight excluding hydrogens is 217 g/mol. The summed E-state index contributed by atoms with van der Waals surface area (Å²) in [5, 5.41) is 3.19. The van der Waals surface area contributed by atoms with Gasteiger partial charge in [0.05, 0.1) is 7.11 Å². The fourth-order valence-electron chi connectivity index (χ4n) is 2.50. The lowest BCUT2D eigenvalue weighted by Crippen LogP contribution is -2.37. The SMILES string of the molecule is COc1c(C2(F)CCNCC2)ccc(C)c1C. The number of piperidine rings is 1. The van der Waals surface area contributed by atoms with Crippen molar-refractivity contribution in [3.05, 3.63) is 28.8 Å². The van der Waals surface area contributed by atoms with Gasteiger partial charge < -0.3 is 10.1 Å². The molecule has 1 heterocycles. The van der Waals surface area contributed by atoms with Crippen molar-refractivity contribution >= 4 is 0 Å². The topological polar surface area (TPSA) is 21.3 Å². The Morgan fingerprint density at radius 3 is 2.47 bits per heavy atom. The summed E-state index contributed by atoms with van der Waals surface area (Å²) in [6, 6.07) is 3.86. The molecule has 3 heteroatoms. The van der Waals surface area contributed by atoms with E-state index in [1.54, 1.807) is 7.11 Å². The maximum Gasteiger partial charge on any atom is 0.142 e. The molecule has 1 N–H and O–H groups in total. The summed E-state index contributed by atoms with van der Waals surface area (Å²) in [5.74, 6) is 0.717. The van der Waals surface area contributed by atoms with E-state index in [2.05, 4.69) is 5.32 Å². The number of benzene rings is 1. The molecule has 0 atom stereocenters. The van der Waals surface area contributed by atoms with Crippen molar-refractivity contribution in [3.63, 3.8) is 0 Å². The number of aryl methyl sites for hydroxylation is 1. The standard InChI is InChI=1S/C14H20FNO/c1-10-4-5-12(13(17-3)11(10)2)14(15)6-8-16-9-7-14/h4-5,16H,6-9H2,1-3H3. The average Bonchev–Trinajstić information content (AvgIpc) is 2.33. The highest BCUT2D eigenvalue weighted by Gasteiger charge is 2.36. The van der Waals surface area contributed by atoms with Gasteiger partial charge in [-0.25, -0.2) is 4.39 Å². The molecule has 0 spiro atoms. The van der Waals surface area contributed by atoms with Gasteiger partial charge in [-0.2, -0.15) is 0 Å². The first-order valence-electron chi connectivity index (χ1n) is 6.13. The zero-order chi connectivity index (χ0) is 12.5. The lowest BCUT2D eigenvalue weighted by atomic mass is 9.84. The van der Waals surface area contributed by atoms with E-state index >= 15 is 0 Å². The molecule has 0 unspecified atom stereocenters. The molecule has 1 fully saturated rings. The van der Waals surface area contributed by atoms with E-state index < -0.39 is 5.67 Å². The van der Waals surface area contributed by atoms with Crippen LogP contribution in [0.3, 0.4) is 0 Å². The van der Waals surface area contributed by atoms with Crippen molar-refractivity contribution in [3.8, 4) is 5.75 Å². The molecule has 1 aliphatic rings. The summed E-state index contributed by atoms with van der Waals surface area (Å²) in [6.45, 7) is 5.47. The van der Waals surface area contributed by atoms with Crippen LogP contribution in [-0.4, -0.2) is 20.2 Å². The van der Waals surface area contributed by atoms with Crippen LogP contribution >= 0.6 is 0 Å². The van der Waals surface area contributed by atoms with Crippen LogP contribution in [0.5, 0.6) is 5.75 Å². The van der Waals surface area contributed by atoms with Gasteiger partial charge in [0.15, 0.2) is 0 Å². The first kappa shape index (κ1) is 12.4. The van der Waals surface area contributed by atoms with Crippen molar-refractivity contribution in [2.75, 3.05) is 20.2 Å². The fourth-order valence-corrected chi connectivity index (χ4v) is 2.50. The molecule has 1 aliphatic heterocycles. The number of halogens is 1. The molecule has 0 saturated carbocycles. The van der Waals surface area contributed by atoms with Crippen LogP contribution in [0.25, 0.3) is 0 Å². The van der Waals surface area contributed by atoms with E-state index in [-0.39, 0.29) is 0 Å². The summed E-state index contributed by atoms with van der Waals surface area (Å²) in [6.07, 6.45) is 1.04. The Morgan fingerprint density at radius 2 is 1.88 bits per heavy atom. The van der Waals surface area contributed by atoms with Gasteiger partial charge in [0.2, 0.25) is 0 Å². The predicted molar refractivity (Wildman–Crippen MR) is 67.4 cm³/mol. The van der Waals surface area contributed by atoms with Crippen molar-refractivity contribution in [2.45, 2.75) is 32.4 Å². The number of alkyl halides is 1. The highest BCUT2D eigenvalue weighted by atomic mass is 19.1. The predicted octanol–water partition coefficient (Wildman–Crippen LogP) is 2.86. The number of hydrogen-bond acceptors (Lipinski definition) is 2. The Kier molecular flexibility index (Phi) is 3.38. The molecule has 94 valence electrons. The molecule has 2 nitrogen and oxygen atoms in total. The van der Waals surface area contributed by atoms with Gasteiger partial charge in [-0.1, -0.05) is 12.1 Å². The average molecular weight is 237 g/mol. The smallest absolute Gasteiger partial charge is 0.142 e.